The second-order valence-electron chi connectivity index (χ2n) is 7.60. The molecular weight excluding hydrogens is 412 g/mol. The molecule has 0 saturated heterocycles. The number of aromatic nitrogens is 1. The molecule has 6 nitrogen and oxygen atoms in total. The van der Waals surface area contributed by atoms with E-state index in [9.17, 15) is 9.90 Å². The lowest BCUT2D eigenvalue weighted by atomic mass is 9.98. The van der Waals surface area contributed by atoms with Crippen LogP contribution in [0, 0.1) is 6.92 Å². The summed E-state index contributed by atoms with van der Waals surface area (Å²) in [5.74, 6) is 0.0240. The van der Waals surface area contributed by atoms with Crippen LogP contribution < -0.4 is 0 Å². The van der Waals surface area contributed by atoms with E-state index in [1.54, 1.807) is 31.4 Å². The molecule has 1 N–H and O–H groups in total. The number of phenolic OH excluding ortho intramolecular Hbond substituents is 1. The van der Waals surface area contributed by atoms with Crippen LogP contribution >= 0.6 is 11.3 Å². The van der Waals surface area contributed by atoms with Crippen LogP contribution in [-0.2, 0) is 17.6 Å². The van der Waals surface area contributed by atoms with Gasteiger partial charge in [0.2, 0.25) is 5.13 Å². The van der Waals surface area contributed by atoms with Crippen molar-refractivity contribution in [2.75, 3.05) is 6.61 Å². The summed E-state index contributed by atoms with van der Waals surface area (Å²) < 4.78 is 11.3. The molecule has 31 heavy (non-hydrogen) atoms. The molecule has 1 aliphatic rings. The summed E-state index contributed by atoms with van der Waals surface area (Å²) in [6, 6.07) is 7.42. The number of ether oxygens (including phenoxy) is 1. The molecule has 0 spiro atoms. The summed E-state index contributed by atoms with van der Waals surface area (Å²) in [6.07, 6.45) is 5.96. The van der Waals surface area contributed by atoms with Crippen molar-refractivity contribution in [3.05, 3.63) is 51.7 Å². The predicted molar refractivity (Wildman–Crippen MR) is 122 cm³/mol. The Hall–Kier alpha value is -3.19. The number of phenols is 1. The average molecular weight is 435 g/mol. The monoisotopic (exact) mass is 434 g/mol. The van der Waals surface area contributed by atoms with Gasteiger partial charge in [-0.05, 0) is 39.5 Å². The third-order valence-electron chi connectivity index (χ3n) is 5.65. The molecule has 1 aliphatic carbocycles. The van der Waals surface area contributed by atoms with Crippen molar-refractivity contribution in [3.63, 3.8) is 0 Å². The number of hydrogen-bond donors (Lipinski definition) is 1. The Bertz CT molecular complexity index is 1330. The van der Waals surface area contributed by atoms with Gasteiger partial charge in [0.1, 0.15) is 22.7 Å². The van der Waals surface area contributed by atoms with Gasteiger partial charge in [-0.3, -0.25) is 0 Å². The Morgan fingerprint density at radius 3 is 2.84 bits per heavy atom. The number of aryl methyl sites for hydroxylation is 3. The number of esters is 1. The second kappa shape index (κ2) is 7.81. The van der Waals surface area contributed by atoms with Crippen LogP contribution in [0.4, 0.5) is 5.13 Å². The van der Waals surface area contributed by atoms with E-state index < -0.39 is 5.97 Å². The standard InChI is InChI=1S/C24H22N2O4S/c1-3-29-23(28)19-13(2)30-22-15-9-5-4-8-14(15)21(27)16(20(19)22)12-25-24-26-17-10-6-7-11-18(17)31-24/h4-5,8-9,12,27H,3,6-7,10-11H2,1-2H3/b25-12+. The highest BCUT2D eigenvalue weighted by molar-refractivity contribution is 7.15. The van der Waals surface area contributed by atoms with Gasteiger partial charge in [0.05, 0.1) is 12.3 Å². The van der Waals surface area contributed by atoms with E-state index >= 15 is 0 Å². The molecule has 0 bridgehead atoms. The van der Waals surface area contributed by atoms with Crippen LogP contribution in [0.5, 0.6) is 5.75 Å². The topological polar surface area (TPSA) is 84.9 Å². The van der Waals surface area contributed by atoms with Crippen molar-refractivity contribution in [2.24, 2.45) is 4.99 Å². The maximum atomic E-state index is 12.7. The largest absolute Gasteiger partial charge is 0.507 e. The number of benzene rings is 2. The van der Waals surface area contributed by atoms with Gasteiger partial charge in [-0.15, -0.1) is 0 Å². The van der Waals surface area contributed by atoms with Crippen LogP contribution in [0.1, 0.15) is 52.0 Å². The summed E-state index contributed by atoms with van der Waals surface area (Å²) in [6.45, 7) is 3.74. The summed E-state index contributed by atoms with van der Waals surface area (Å²) >= 11 is 1.59. The molecule has 0 amide bonds. The molecule has 4 aromatic rings. The minimum Gasteiger partial charge on any atom is -0.507 e. The number of aromatic hydroxyl groups is 1. The van der Waals surface area contributed by atoms with Crippen LogP contribution in [0.25, 0.3) is 21.7 Å². The molecule has 0 aliphatic heterocycles. The number of hydrogen-bond acceptors (Lipinski definition) is 7. The van der Waals surface area contributed by atoms with Crippen molar-refractivity contribution >= 4 is 50.4 Å². The maximum Gasteiger partial charge on any atom is 0.342 e. The molecular formula is C24H22N2O4S. The van der Waals surface area contributed by atoms with Crippen LogP contribution in [-0.4, -0.2) is 28.9 Å². The Morgan fingerprint density at radius 1 is 1.29 bits per heavy atom. The van der Waals surface area contributed by atoms with Crippen molar-refractivity contribution in [2.45, 2.75) is 39.5 Å². The van der Waals surface area contributed by atoms with Crippen molar-refractivity contribution < 1.29 is 19.1 Å². The SMILES string of the molecule is CCOC(=O)c1c(C)oc2c1c(/C=N/c1nc3c(s1)CCCC3)c(O)c1ccccc12. The average Bonchev–Trinajstić information content (AvgIpc) is 3.34. The first-order chi connectivity index (χ1) is 15.1. The molecule has 0 atom stereocenters. The molecule has 5 rings (SSSR count). The zero-order valence-electron chi connectivity index (χ0n) is 17.4. The normalized spacial score (nSPS) is 13.9. The highest BCUT2D eigenvalue weighted by Gasteiger charge is 2.26. The maximum absolute atomic E-state index is 12.7. The summed E-state index contributed by atoms with van der Waals surface area (Å²) in [5, 5.41) is 13.7. The van der Waals surface area contributed by atoms with Crippen molar-refractivity contribution in [1.82, 2.24) is 4.98 Å². The molecule has 158 valence electrons. The Labute approximate surface area is 183 Å². The lowest BCUT2D eigenvalue weighted by Crippen LogP contribution is -2.06. The first-order valence-electron chi connectivity index (χ1n) is 10.4. The molecule has 7 heteroatoms. The Kier molecular flexibility index (Phi) is 4.98. The first kappa shape index (κ1) is 19.8. The second-order valence-corrected chi connectivity index (χ2v) is 8.66. The Balaban J connectivity index is 1.74. The van der Waals surface area contributed by atoms with Gasteiger partial charge in [-0.1, -0.05) is 35.6 Å². The van der Waals surface area contributed by atoms with Gasteiger partial charge >= 0.3 is 5.97 Å². The van der Waals surface area contributed by atoms with E-state index in [1.807, 2.05) is 24.3 Å². The van der Waals surface area contributed by atoms with Crippen molar-refractivity contribution in [1.29, 1.82) is 0 Å². The molecule has 2 aromatic carbocycles. The predicted octanol–water partition coefficient (Wildman–Crippen LogP) is 5.86. The minimum atomic E-state index is -0.479. The van der Waals surface area contributed by atoms with Gasteiger partial charge in [0.15, 0.2) is 0 Å². The number of furan rings is 1. The van der Waals surface area contributed by atoms with Gasteiger partial charge in [0.25, 0.3) is 0 Å². The minimum absolute atomic E-state index is 0.0551. The van der Waals surface area contributed by atoms with Gasteiger partial charge in [-0.2, -0.15) is 0 Å². The first-order valence-corrected chi connectivity index (χ1v) is 11.3. The fraction of sp³-hybridized carbons (Fsp3) is 0.292. The van der Waals surface area contributed by atoms with E-state index in [-0.39, 0.29) is 12.4 Å². The molecule has 0 saturated carbocycles. The van der Waals surface area contributed by atoms with Gasteiger partial charge in [-0.25, -0.2) is 14.8 Å². The summed E-state index contributed by atoms with van der Waals surface area (Å²) in [7, 11) is 0. The van der Waals surface area contributed by atoms with E-state index in [0.29, 0.717) is 38.4 Å². The summed E-state index contributed by atoms with van der Waals surface area (Å²) in [5.41, 5.74) is 2.41. The molecule has 2 heterocycles. The van der Waals surface area contributed by atoms with Crippen LogP contribution in [0.2, 0.25) is 0 Å². The van der Waals surface area contributed by atoms with Crippen molar-refractivity contribution in [3.8, 4) is 5.75 Å². The number of thiazole rings is 1. The smallest absolute Gasteiger partial charge is 0.342 e. The highest BCUT2D eigenvalue weighted by atomic mass is 32.1. The third-order valence-corrected chi connectivity index (χ3v) is 6.72. The number of aliphatic imine (C=N–C) groups is 1. The number of carbonyl (C=O) groups excluding carboxylic acids is 1. The number of rotatable bonds is 4. The fourth-order valence-corrected chi connectivity index (χ4v) is 5.22. The zero-order chi connectivity index (χ0) is 21.5. The van der Waals surface area contributed by atoms with Crippen LogP contribution in [0.3, 0.4) is 0 Å². The number of nitrogens with zero attached hydrogens (tertiary/aromatic N) is 2. The third kappa shape index (κ3) is 3.29. The summed E-state index contributed by atoms with van der Waals surface area (Å²) in [4.78, 5) is 23.3. The highest BCUT2D eigenvalue weighted by Crippen LogP contribution is 2.41. The zero-order valence-corrected chi connectivity index (χ0v) is 18.2. The number of fused-ring (bicyclic) bond motifs is 4. The molecule has 0 unspecified atom stereocenters. The lowest BCUT2D eigenvalue weighted by molar-refractivity contribution is 0.0526. The molecule has 2 aromatic heterocycles. The van der Waals surface area contributed by atoms with E-state index in [2.05, 4.69) is 9.98 Å². The van der Waals surface area contributed by atoms with Crippen LogP contribution in [0.15, 0.2) is 33.7 Å². The fourth-order valence-electron chi connectivity index (χ4n) is 4.23. The lowest BCUT2D eigenvalue weighted by Gasteiger charge is -2.08. The quantitative estimate of drug-likeness (QED) is 0.321. The van der Waals surface area contributed by atoms with E-state index in [4.69, 9.17) is 9.15 Å². The Morgan fingerprint density at radius 2 is 2.06 bits per heavy atom. The van der Waals surface area contributed by atoms with Gasteiger partial charge in [0, 0.05) is 32.8 Å². The molecule has 0 radical (unpaired) electrons. The van der Waals surface area contributed by atoms with Gasteiger partial charge < -0.3 is 14.3 Å². The van der Waals surface area contributed by atoms with E-state index in [1.165, 1.54) is 11.3 Å². The number of carbonyl (C=O) groups is 1. The van der Waals surface area contributed by atoms with E-state index in [0.717, 1.165) is 30.3 Å². The molecule has 0 fully saturated rings.